The summed E-state index contributed by atoms with van der Waals surface area (Å²) in [6.45, 7) is 6.09. The van der Waals surface area contributed by atoms with Crippen LogP contribution in [0.2, 0.25) is 0 Å². The van der Waals surface area contributed by atoms with E-state index in [1.54, 1.807) is 7.11 Å². The van der Waals surface area contributed by atoms with Gasteiger partial charge in [-0.3, -0.25) is 0 Å². The minimum absolute atomic E-state index is 0.480. The molecule has 1 atom stereocenters. The van der Waals surface area contributed by atoms with Crippen molar-refractivity contribution in [1.82, 2.24) is 14.8 Å². The number of methoxy groups -OCH3 is 1. The molecule has 16 heavy (non-hydrogen) atoms. The Morgan fingerprint density at radius 2 is 2.06 bits per heavy atom. The Labute approximate surface area is 106 Å². The van der Waals surface area contributed by atoms with Crippen molar-refractivity contribution >= 4 is 15.9 Å². The number of aromatic nitrogens is 3. The predicted molar refractivity (Wildman–Crippen MR) is 67.7 cm³/mol. The van der Waals surface area contributed by atoms with Crippen molar-refractivity contribution in [3.8, 4) is 0 Å². The highest BCUT2D eigenvalue weighted by atomic mass is 79.9. The van der Waals surface area contributed by atoms with Gasteiger partial charge in [0.1, 0.15) is 11.6 Å². The van der Waals surface area contributed by atoms with Crippen LogP contribution in [-0.4, -0.2) is 28.5 Å². The molecule has 5 heteroatoms. The van der Waals surface area contributed by atoms with Crippen molar-refractivity contribution in [3.63, 3.8) is 0 Å². The van der Waals surface area contributed by atoms with Gasteiger partial charge in [-0.25, -0.2) is 0 Å². The molecule has 0 N–H and O–H groups in total. The zero-order valence-electron chi connectivity index (χ0n) is 10.2. The molecule has 1 rings (SSSR count). The van der Waals surface area contributed by atoms with Crippen LogP contribution in [0.3, 0.4) is 0 Å². The molecule has 0 saturated heterocycles. The van der Waals surface area contributed by atoms with Crippen molar-refractivity contribution in [3.05, 3.63) is 11.6 Å². The number of alkyl halides is 1. The molecule has 1 aromatic rings. The summed E-state index contributed by atoms with van der Waals surface area (Å²) in [7, 11) is 1.73. The normalized spacial score (nSPS) is 13.0. The van der Waals surface area contributed by atoms with Gasteiger partial charge in [-0.05, 0) is 12.3 Å². The summed E-state index contributed by atoms with van der Waals surface area (Å²) >= 11 is 3.44. The molecule has 1 unspecified atom stereocenters. The third-order valence-electron chi connectivity index (χ3n) is 2.45. The van der Waals surface area contributed by atoms with Crippen molar-refractivity contribution in [2.24, 2.45) is 5.92 Å². The Hall–Kier alpha value is -0.420. The molecule has 0 spiro atoms. The fourth-order valence-electron chi connectivity index (χ4n) is 1.76. The van der Waals surface area contributed by atoms with E-state index >= 15 is 0 Å². The van der Waals surface area contributed by atoms with Crippen molar-refractivity contribution in [2.45, 2.75) is 38.6 Å². The van der Waals surface area contributed by atoms with Crippen LogP contribution < -0.4 is 0 Å². The highest BCUT2D eigenvalue weighted by Gasteiger charge is 2.13. The zero-order chi connectivity index (χ0) is 12.0. The zero-order valence-corrected chi connectivity index (χ0v) is 11.8. The van der Waals surface area contributed by atoms with Crippen LogP contribution in [0, 0.1) is 5.92 Å². The third-order valence-corrected chi connectivity index (χ3v) is 2.95. The Morgan fingerprint density at radius 1 is 1.38 bits per heavy atom. The highest BCUT2D eigenvalue weighted by Crippen LogP contribution is 2.12. The maximum Gasteiger partial charge on any atom is 0.143 e. The molecular formula is C11H20BrN3O. The molecule has 0 aliphatic heterocycles. The SMILES string of the molecule is CCCn1c(CBr)nnc1CC(C)COC. The van der Waals surface area contributed by atoms with Crippen molar-refractivity contribution in [1.29, 1.82) is 0 Å². The minimum atomic E-state index is 0.480. The lowest BCUT2D eigenvalue weighted by atomic mass is 10.1. The number of nitrogens with zero attached hydrogens (tertiary/aromatic N) is 3. The fraction of sp³-hybridized carbons (Fsp3) is 0.818. The smallest absolute Gasteiger partial charge is 0.143 e. The van der Waals surface area contributed by atoms with E-state index in [-0.39, 0.29) is 0 Å². The Kier molecular flexibility index (Phi) is 5.98. The average molecular weight is 290 g/mol. The van der Waals surface area contributed by atoms with E-state index in [2.05, 4.69) is 44.5 Å². The monoisotopic (exact) mass is 289 g/mol. The quantitative estimate of drug-likeness (QED) is 0.724. The van der Waals surface area contributed by atoms with Gasteiger partial charge in [0.25, 0.3) is 0 Å². The molecule has 0 aliphatic rings. The molecule has 0 aliphatic carbocycles. The van der Waals surface area contributed by atoms with E-state index in [1.807, 2.05) is 0 Å². The number of ether oxygens (including phenoxy) is 1. The topological polar surface area (TPSA) is 39.9 Å². The van der Waals surface area contributed by atoms with E-state index in [1.165, 1.54) is 0 Å². The van der Waals surface area contributed by atoms with E-state index in [4.69, 9.17) is 4.74 Å². The summed E-state index contributed by atoms with van der Waals surface area (Å²) in [6, 6.07) is 0. The first kappa shape index (κ1) is 13.6. The van der Waals surface area contributed by atoms with E-state index in [9.17, 15) is 0 Å². The molecule has 0 saturated carbocycles. The van der Waals surface area contributed by atoms with Crippen LogP contribution in [0.25, 0.3) is 0 Å². The number of hydrogen-bond donors (Lipinski definition) is 0. The van der Waals surface area contributed by atoms with Crippen LogP contribution in [0.1, 0.15) is 31.9 Å². The standard InChI is InChI=1S/C11H20BrN3O/c1-4-5-15-10(6-9(2)8-16-3)13-14-11(15)7-12/h9H,4-8H2,1-3H3. The van der Waals surface area contributed by atoms with Gasteiger partial charge in [0, 0.05) is 26.7 Å². The van der Waals surface area contributed by atoms with Crippen LogP contribution in [-0.2, 0) is 23.0 Å². The molecule has 1 heterocycles. The number of rotatable bonds is 7. The maximum absolute atomic E-state index is 5.14. The molecular weight excluding hydrogens is 270 g/mol. The first-order valence-electron chi connectivity index (χ1n) is 5.68. The van der Waals surface area contributed by atoms with Gasteiger partial charge < -0.3 is 9.30 Å². The van der Waals surface area contributed by atoms with E-state index in [0.717, 1.165) is 43.0 Å². The molecule has 0 radical (unpaired) electrons. The Bertz CT molecular complexity index is 314. The summed E-state index contributed by atoms with van der Waals surface area (Å²) in [5.41, 5.74) is 0. The van der Waals surface area contributed by atoms with Gasteiger partial charge in [0.2, 0.25) is 0 Å². The van der Waals surface area contributed by atoms with Crippen LogP contribution >= 0.6 is 15.9 Å². The first-order valence-corrected chi connectivity index (χ1v) is 6.80. The first-order chi connectivity index (χ1) is 7.72. The Balaban J connectivity index is 2.74. The second kappa shape index (κ2) is 7.01. The molecule has 92 valence electrons. The predicted octanol–water partition coefficient (Wildman–Crippen LogP) is 2.41. The van der Waals surface area contributed by atoms with Crippen LogP contribution in [0.15, 0.2) is 0 Å². The summed E-state index contributed by atoms with van der Waals surface area (Å²) in [6.07, 6.45) is 2.03. The summed E-state index contributed by atoms with van der Waals surface area (Å²) in [4.78, 5) is 0. The van der Waals surface area contributed by atoms with Gasteiger partial charge in [0.05, 0.1) is 5.33 Å². The van der Waals surface area contributed by atoms with Gasteiger partial charge in [-0.1, -0.05) is 29.8 Å². The second-order valence-electron chi connectivity index (χ2n) is 4.08. The second-order valence-corrected chi connectivity index (χ2v) is 4.64. The van der Waals surface area contributed by atoms with Gasteiger partial charge in [-0.15, -0.1) is 10.2 Å². The number of hydrogen-bond acceptors (Lipinski definition) is 3. The number of halogens is 1. The van der Waals surface area contributed by atoms with Gasteiger partial charge >= 0.3 is 0 Å². The largest absolute Gasteiger partial charge is 0.384 e. The minimum Gasteiger partial charge on any atom is -0.384 e. The summed E-state index contributed by atoms with van der Waals surface area (Å²) < 4.78 is 7.35. The lowest BCUT2D eigenvalue weighted by molar-refractivity contribution is 0.158. The lowest BCUT2D eigenvalue weighted by Gasteiger charge is -2.11. The van der Waals surface area contributed by atoms with Crippen LogP contribution in [0.5, 0.6) is 0 Å². The van der Waals surface area contributed by atoms with Crippen molar-refractivity contribution < 1.29 is 4.74 Å². The summed E-state index contributed by atoms with van der Waals surface area (Å²) in [5, 5.41) is 9.21. The molecule has 0 fully saturated rings. The Morgan fingerprint density at radius 3 is 2.62 bits per heavy atom. The molecule has 0 bridgehead atoms. The van der Waals surface area contributed by atoms with Gasteiger partial charge in [0.15, 0.2) is 0 Å². The van der Waals surface area contributed by atoms with E-state index < -0.39 is 0 Å². The van der Waals surface area contributed by atoms with Crippen LogP contribution in [0.4, 0.5) is 0 Å². The fourth-order valence-corrected chi connectivity index (χ4v) is 2.17. The molecule has 4 nitrogen and oxygen atoms in total. The highest BCUT2D eigenvalue weighted by molar-refractivity contribution is 9.08. The third kappa shape index (κ3) is 3.56. The molecule has 0 amide bonds. The van der Waals surface area contributed by atoms with Crippen molar-refractivity contribution in [2.75, 3.05) is 13.7 Å². The molecule has 0 aromatic carbocycles. The summed E-state index contributed by atoms with van der Waals surface area (Å²) in [5.74, 6) is 2.57. The van der Waals surface area contributed by atoms with Gasteiger partial charge in [-0.2, -0.15) is 0 Å². The lowest BCUT2D eigenvalue weighted by Crippen LogP contribution is -2.13. The molecule has 1 aromatic heterocycles. The average Bonchev–Trinajstić information content (AvgIpc) is 2.62. The van der Waals surface area contributed by atoms with E-state index in [0.29, 0.717) is 5.92 Å². The maximum atomic E-state index is 5.14.